The number of nitrogens with zero attached hydrogens (tertiary/aromatic N) is 1. The van der Waals surface area contributed by atoms with Crippen LogP contribution in [-0.2, 0) is 9.53 Å². The van der Waals surface area contributed by atoms with Crippen LogP contribution in [-0.4, -0.2) is 25.5 Å². The van der Waals surface area contributed by atoms with E-state index in [1.165, 1.54) is 13.3 Å². The largest absolute Gasteiger partial charge is 0.465 e. The van der Waals surface area contributed by atoms with Gasteiger partial charge in [-0.25, -0.2) is 4.79 Å². The van der Waals surface area contributed by atoms with Crippen molar-refractivity contribution in [1.29, 1.82) is 5.26 Å². The summed E-state index contributed by atoms with van der Waals surface area (Å²) in [6, 6.07) is 8.48. The number of hydrogen-bond donors (Lipinski definition) is 2. The van der Waals surface area contributed by atoms with Crippen LogP contribution in [0.4, 0.5) is 5.69 Å². The normalized spacial score (nSPS) is 10.4. The molecule has 1 amide bonds. The second kappa shape index (κ2) is 8.38. The molecule has 1 aromatic carbocycles. The molecule has 1 rings (SSSR count). The molecule has 0 aliphatic rings. The second-order valence-electron chi connectivity index (χ2n) is 4.14. The molecule has 0 bridgehead atoms. The third-order valence-electron chi connectivity index (χ3n) is 2.57. The van der Waals surface area contributed by atoms with Crippen molar-refractivity contribution in [3.63, 3.8) is 0 Å². The fraction of sp³-hybridized carbons (Fsp3) is 0.267. The van der Waals surface area contributed by atoms with Crippen molar-refractivity contribution >= 4 is 17.6 Å². The summed E-state index contributed by atoms with van der Waals surface area (Å²) < 4.78 is 4.46. The summed E-state index contributed by atoms with van der Waals surface area (Å²) in [5.74, 6) is -0.889. The Morgan fingerprint density at radius 2 is 2.19 bits per heavy atom. The van der Waals surface area contributed by atoms with E-state index in [0.29, 0.717) is 17.8 Å². The highest BCUT2D eigenvalue weighted by Gasteiger charge is 2.08. The van der Waals surface area contributed by atoms with Crippen LogP contribution >= 0.6 is 0 Å². The van der Waals surface area contributed by atoms with Gasteiger partial charge in [0, 0.05) is 24.0 Å². The van der Waals surface area contributed by atoms with Crippen LogP contribution < -0.4 is 10.6 Å². The summed E-state index contributed by atoms with van der Waals surface area (Å²) in [7, 11) is 1.20. The number of rotatable bonds is 6. The van der Waals surface area contributed by atoms with Gasteiger partial charge in [-0.2, -0.15) is 5.26 Å². The summed E-state index contributed by atoms with van der Waals surface area (Å²) in [6.07, 6.45) is 2.10. The van der Waals surface area contributed by atoms with Crippen LogP contribution in [0.5, 0.6) is 0 Å². The number of benzene rings is 1. The van der Waals surface area contributed by atoms with E-state index < -0.39 is 5.97 Å². The molecule has 0 aromatic heterocycles. The van der Waals surface area contributed by atoms with E-state index in [1.54, 1.807) is 30.3 Å². The molecular formula is C15H17N3O3. The molecule has 21 heavy (non-hydrogen) atoms. The van der Waals surface area contributed by atoms with Crippen LogP contribution in [0.2, 0.25) is 0 Å². The summed E-state index contributed by atoms with van der Waals surface area (Å²) in [5.41, 5.74) is 0.938. The first-order chi connectivity index (χ1) is 10.1. The van der Waals surface area contributed by atoms with Crippen molar-refractivity contribution in [2.24, 2.45) is 0 Å². The monoisotopic (exact) mass is 287 g/mol. The van der Waals surface area contributed by atoms with Crippen LogP contribution in [0.25, 0.3) is 0 Å². The molecule has 110 valence electrons. The maximum absolute atomic E-state index is 11.8. The first-order valence-corrected chi connectivity index (χ1v) is 6.45. The zero-order valence-corrected chi connectivity index (χ0v) is 12.0. The van der Waals surface area contributed by atoms with Crippen molar-refractivity contribution in [3.05, 3.63) is 41.6 Å². The van der Waals surface area contributed by atoms with E-state index >= 15 is 0 Å². The lowest BCUT2D eigenvalue weighted by Crippen LogP contribution is -2.23. The van der Waals surface area contributed by atoms with Crippen molar-refractivity contribution in [2.75, 3.05) is 19.0 Å². The molecule has 6 heteroatoms. The van der Waals surface area contributed by atoms with Crippen LogP contribution in [0.3, 0.4) is 0 Å². The van der Waals surface area contributed by atoms with Crippen molar-refractivity contribution in [2.45, 2.75) is 13.3 Å². The second-order valence-corrected chi connectivity index (χ2v) is 4.14. The predicted molar refractivity (Wildman–Crippen MR) is 78.4 cm³/mol. The van der Waals surface area contributed by atoms with Crippen LogP contribution in [0, 0.1) is 11.3 Å². The first-order valence-electron chi connectivity index (χ1n) is 6.45. The van der Waals surface area contributed by atoms with Gasteiger partial charge in [0.2, 0.25) is 0 Å². The van der Waals surface area contributed by atoms with Crippen molar-refractivity contribution in [1.82, 2.24) is 5.32 Å². The van der Waals surface area contributed by atoms with Crippen LogP contribution in [0.1, 0.15) is 23.7 Å². The van der Waals surface area contributed by atoms with Gasteiger partial charge in [0.25, 0.3) is 5.91 Å². The van der Waals surface area contributed by atoms with Gasteiger partial charge in [-0.15, -0.1) is 0 Å². The Hall–Kier alpha value is -2.81. The van der Waals surface area contributed by atoms with E-state index in [9.17, 15) is 9.59 Å². The maximum Gasteiger partial charge on any atom is 0.350 e. The van der Waals surface area contributed by atoms with Gasteiger partial charge < -0.3 is 15.4 Å². The summed E-state index contributed by atoms with van der Waals surface area (Å²) in [6.45, 7) is 2.58. The smallest absolute Gasteiger partial charge is 0.350 e. The molecule has 0 spiro atoms. The topological polar surface area (TPSA) is 91.2 Å². The molecule has 0 atom stereocenters. The summed E-state index contributed by atoms with van der Waals surface area (Å²) in [5, 5.41) is 14.4. The molecule has 0 fully saturated rings. The van der Waals surface area contributed by atoms with Gasteiger partial charge in [-0.3, -0.25) is 4.79 Å². The lowest BCUT2D eigenvalue weighted by molar-refractivity contribution is -0.135. The van der Waals surface area contributed by atoms with Gasteiger partial charge in [0.05, 0.1) is 7.11 Å². The Labute approximate surface area is 123 Å². The highest BCUT2D eigenvalue weighted by molar-refractivity contribution is 5.95. The minimum Gasteiger partial charge on any atom is -0.465 e. The number of esters is 1. The number of nitriles is 1. The number of amides is 1. The minimum atomic E-state index is -0.721. The molecule has 0 aliphatic heterocycles. The first kappa shape index (κ1) is 16.2. The quantitative estimate of drug-likeness (QED) is 0.473. The SMILES string of the molecule is CCCNC(=O)c1cccc(N/C=C(\C#N)C(=O)OC)c1. The van der Waals surface area contributed by atoms with E-state index in [2.05, 4.69) is 15.4 Å². The van der Waals surface area contributed by atoms with Gasteiger partial charge >= 0.3 is 5.97 Å². The number of methoxy groups -OCH3 is 1. The Bertz CT molecular complexity index is 588. The van der Waals surface area contributed by atoms with E-state index in [-0.39, 0.29) is 11.5 Å². The third-order valence-corrected chi connectivity index (χ3v) is 2.57. The Morgan fingerprint density at radius 3 is 2.81 bits per heavy atom. The van der Waals surface area contributed by atoms with E-state index in [1.807, 2.05) is 6.92 Å². The Morgan fingerprint density at radius 1 is 1.43 bits per heavy atom. The third kappa shape index (κ3) is 4.99. The zero-order chi connectivity index (χ0) is 15.7. The number of carbonyl (C=O) groups is 2. The fourth-order valence-electron chi connectivity index (χ4n) is 1.49. The molecule has 0 radical (unpaired) electrons. The highest BCUT2D eigenvalue weighted by Crippen LogP contribution is 2.11. The molecule has 2 N–H and O–H groups in total. The molecule has 0 aliphatic carbocycles. The zero-order valence-electron chi connectivity index (χ0n) is 12.0. The Kier molecular flexibility index (Phi) is 6.48. The maximum atomic E-state index is 11.8. The Balaban J connectivity index is 2.82. The summed E-state index contributed by atoms with van der Waals surface area (Å²) in [4.78, 5) is 23.1. The number of ether oxygens (including phenoxy) is 1. The molecule has 0 saturated heterocycles. The highest BCUT2D eigenvalue weighted by atomic mass is 16.5. The molecular weight excluding hydrogens is 270 g/mol. The van der Waals surface area contributed by atoms with Gasteiger partial charge in [-0.1, -0.05) is 13.0 Å². The molecule has 1 aromatic rings. The number of nitrogens with one attached hydrogen (secondary N) is 2. The van der Waals surface area contributed by atoms with Gasteiger partial charge in [-0.05, 0) is 24.6 Å². The van der Waals surface area contributed by atoms with E-state index in [4.69, 9.17) is 5.26 Å². The lowest BCUT2D eigenvalue weighted by Gasteiger charge is -2.06. The average Bonchev–Trinajstić information content (AvgIpc) is 2.53. The lowest BCUT2D eigenvalue weighted by atomic mass is 10.2. The fourth-order valence-corrected chi connectivity index (χ4v) is 1.49. The molecule has 6 nitrogen and oxygen atoms in total. The van der Waals surface area contributed by atoms with Gasteiger partial charge in [0.15, 0.2) is 5.57 Å². The molecule has 0 unspecified atom stereocenters. The number of hydrogen-bond acceptors (Lipinski definition) is 5. The number of anilines is 1. The summed E-state index contributed by atoms with van der Waals surface area (Å²) >= 11 is 0. The van der Waals surface area contributed by atoms with Crippen molar-refractivity contribution < 1.29 is 14.3 Å². The molecule has 0 saturated carbocycles. The van der Waals surface area contributed by atoms with Gasteiger partial charge in [0.1, 0.15) is 6.07 Å². The molecule has 0 heterocycles. The average molecular weight is 287 g/mol. The van der Waals surface area contributed by atoms with Crippen molar-refractivity contribution in [3.8, 4) is 6.07 Å². The minimum absolute atomic E-state index is 0.154. The van der Waals surface area contributed by atoms with E-state index in [0.717, 1.165) is 6.42 Å². The number of carbonyl (C=O) groups excluding carboxylic acids is 2. The predicted octanol–water partition coefficient (Wildman–Crippen LogP) is 1.82. The standard InChI is InChI=1S/C15H17N3O3/c1-3-7-17-14(19)11-5-4-6-13(8-11)18-10-12(9-16)15(20)21-2/h4-6,8,10,18H,3,7H2,1-2H3,(H,17,19)/b12-10+. The van der Waals surface area contributed by atoms with Crippen LogP contribution in [0.15, 0.2) is 36.0 Å².